The van der Waals surface area contributed by atoms with E-state index >= 15 is 0 Å². The van der Waals surface area contributed by atoms with E-state index in [9.17, 15) is 4.79 Å². The normalized spacial score (nSPS) is 20.9. The maximum absolute atomic E-state index is 12.6. The van der Waals surface area contributed by atoms with Gasteiger partial charge in [0.15, 0.2) is 0 Å². The molecule has 1 saturated heterocycles. The fraction of sp³-hybridized carbons (Fsp3) is 0.611. The molecule has 4 heteroatoms. The molecule has 0 spiro atoms. The smallest absolute Gasteiger partial charge is 0.223 e. The summed E-state index contributed by atoms with van der Waals surface area (Å²) in [6.07, 6.45) is 6.42. The van der Waals surface area contributed by atoms with Crippen LogP contribution >= 0.6 is 0 Å². The number of ether oxygens (including phenoxy) is 1. The standard InChI is InChI=1S/C18H26N2O2/c1-22-17-9-4-14(5-10-17)13-20(16-7-8-16)18(21)11-6-15-3-2-12-19-15/h4-5,9-10,15-16,19H,2-3,6-8,11-13H2,1H3. The van der Waals surface area contributed by atoms with Gasteiger partial charge in [-0.05, 0) is 56.3 Å². The lowest BCUT2D eigenvalue weighted by molar-refractivity contribution is -0.132. The molecular weight excluding hydrogens is 276 g/mol. The summed E-state index contributed by atoms with van der Waals surface area (Å²) in [5.74, 6) is 1.17. The topological polar surface area (TPSA) is 41.6 Å². The third-order valence-corrected chi connectivity index (χ3v) is 4.69. The first-order valence-corrected chi connectivity index (χ1v) is 8.42. The zero-order valence-corrected chi connectivity index (χ0v) is 13.4. The molecular formula is C18H26N2O2. The minimum Gasteiger partial charge on any atom is -0.497 e. The second-order valence-corrected chi connectivity index (χ2v) is 6.43. The number of carbonyl (C=O) groups excluding carboxylic acids is 1. The molecule has 1 atom stereocenters. The van der Waals surface area contributed by atoms with E-state index in [0.717, 1.165) is 38.1 Å². The van der Waals surface area contributed by atoms with Gasteiger partial charge in [0, 0.05) is 25.0 Å². The molecule has 22 heavy (non-hydrogen) atoms. The summed E-state index contributed by atoms with van der Waals surface area (Å²) in [5.41, 5.74) is 1.18. The van der Waals surface area contributed by atoms with Crippen molar-refractivity contribution in [2.75, 3.05) is 13.7 Å². The monoisotopic (exact) mass is 302 g/mol. The van der Waals surface area contributed by atoms with Gasteiger partial charge in [0.25, 0.3) is 0 Å². The van der Waals surface area contributed by atoms with Gasteiger partial charge in [0.1, 0.15) is 5.75 Å². The molecule has 1 saturated carbocycles. The summed E-state index contributed by atoms with van der Waals surface area (Å²) in [5, 5.41) is 3.47. The quantitative estimate of drug-likeness (QED) is 0.842. The summed E-state index contributed by atoms with van der Waals surface area (Å²) in [6, 6.07) is 9.05. The number of amides is 1. The van der Waals surface area contributed by atoms with Gasteiger partial charge in [-0.25, -0.2) is 0 Å². The van der Waals surface area contributed by atoms with E-state index in [1.165, 1.54) is 18.4 Å². The fourth-order valence-corrected chi connectivity index (χ4v) is 3.18. The zero-order chi connectivity index (χ0) is 15.4. The molecule has 1 heterocycles. The Morgan fingerprint density at radius 3 is 2.64 bits per heavy atom. The van der Waals surface area contributed by atoms with Crippen molar-refractivity contribution in [2.24, 2.45) is 0 Å². The summed E-state index contributed by atoms with van der Waals surface area (Å²) < 4.78 is 5.19. The molecule has 1 aromatic carbocycles. The van der Waals surface area contributed by atoms with Crippen molar-refractivity contribution in [3.8, 4) is 5.75 Å². The minimum absolute atomic E-state index is 0.312. The third-order valence-electron chi connectivity index (χ3n) is 4.69. The Bertz CT molecular complexity index is 490. The van der Waals surface area contributed by atoms with Gasteiger partial charge < -0.3 is 15.0 Å². The number of carbonyl (C=O) groups is 1. The summed E-state index contributed by atoms with van der Waals surface area (Å²) >= 11 is 0. The molecule has 120 valence electrons. The van der Waals surface area contributed by atoms with Crippen LogP contribution < -0.4 is 10.1 Å². The maximum atomic E-state index is 12.6. The fourth-order valence-electron chi connectivity index (χ4n) is 3.18. The molecule has 0 radical (unpaired) electrons. The van der Waals surface area contributed by atoms with Crippen molar-refractivity contribution < 1.29 is 9.53 Å². The third kappa shape index (κ3) is 4.01. The highest BCUT2D eigenvalue weighted by Crippen LogP contribution is 2.29. The Morgan fingerprint density at radius 2 is 2.05 bits per heavy atom. The van der Waals surface area contributed by atoms with Crippen LogP contribution in [0.4, 0.5) is 0 Å². The first-order valence-electron chi connectivity index (χ1n) is 8.42. The van der Waals surface area contributed by atoms with Crippen LogP contribution in [0.1, 0.15) is 44.1 Å². The predicted molar refractivity (Wildman–Crippen MR) is 86.8 cm³/mol. The molecule has 0 aromatic heterocycles. The van der Waals surface area contributed by atoms with Crippen LogP contribution in [0.5, 0.6) is 5.75 Å². The van der Waals surface area contributed by atoms with Crippen LogP contribution in [-0.2, 0) is 11.3 Å². The Morgan fingerprint density at radius 1 is 1.27 bits per heavy atom. The average Bonchev–Trinajstić information content (AvgIpc) is 3.26. The molecule has 4 nitrogen and oxygen atoms in total. The van der Waals surface area contributed by atoms with Gasteiger partial charge in [-0.3, -0.25) is 4.79 Å². The SMILES string of the molecule is COc1ccc(CN(C(=O)CCC2CCCN2)C2CC2)cc1. The number of hydrogen-bond acceptors (Lipinski definition) is 3. The van der Waals surface area contributed by atoms with Crippen molar-refractivity contribution in [3.63, 3.8) is 0 Å². The minimum atomic E-state index is 0.312. The lowest BCUT2D eigenvalue weighted by Gasteiger charge is -2.23. The second kappa shape index (κ2) is 7.14. The van der Waals surface area contributed by atoms with Crippen LogP contribution in [0.15, 0.2) is 24.3 Å². The van der Waals surface area contributed by atoms with Crippen LogP contribution in [0.25, 0.3) is 0 Å². The van der Waals surface area contributed by atoms with E-state index < -0.39 is 0 Å². The van der Waals surface area contributed by atoms with Gasteiger partial charge in [-0.15, -0.1) is 0 Å². The molecule has 1 aromatic rings. The maximum Gasteiger partial charge on any atom is 0.223 e. The molecule has 2 fully saturated rings. The first-order chi connectivity index (χ1) is 10.8. The largest absolute Gasteiger partial charge is 0.497 e. The number of benzene rings is 1. The van der Waals surface area contributed by atoms with Crippen LogP contribution in [0, 0.1) is 0 Å². The predicted octanol–water partition coefficient (Wildman–Crippen LogP) is 2.72. The second-order valence-electron chi connectivity index (χ2n) is 6.43. The summed E-state index contributed by atoms with van der Waals surface area (Å²) in [4.78, 5) is 14.7. The highest BCUT2D eigenvalue weighted by atomic mass is 16.5. The molecule has 1 unspecified atom stereocenters. The van der Waals surface area contributed by atoms with E-state index in [-0.39, 0.29) is 0 Å². The van der Waals surface area contributed by atoms with Crippen molar-refractivity contribution in [2.45, 2.75) is 57.2 Å². The lowest BCUT2D eigenvalue weighted by atomic mass is 10.1. The van der Waals surface area contributed by atoms with Gasteiger partial charge >= 0.3 is 0 Å². The van der Waals surface area contributed by atoms with E-state index in [2.05, 4.69) is 22.3 Å². The Kier molecular flexibility index (Phi) is 4.98. The Balaban J connectivity index is 1.55. The lowest BCUT2D eigenvalue weighted by Crippen LogP contribution is -2.33. The van der Waals surface area contributed by atoms with E-state index in [0.29, 0.717) is 24.4 Å². The molecule has 1 aliphatic carbocycles. The van der Waals surface area contributed by atoms with Crippen molar-refractivity contribution in [1.29, 1.82) is 0 Å². The van der Waals surface area contributed by atoms with E-state index in [1.54, 1.807) is 7.11 Å². The van der Waals surface area contributed by atoms with Crippen LogP contribution in [-0.4, -0.2) is 36.5 Å². The molecule has 3 rings (SSSR count). The molecule has 1 N–H and O–H groups in total. The number of nitrogens with one attached hydrogen (secondary N) is 1. The van der Waals surface area contributed by atoms with Crippen molar-refractivity contribution >= 4 is 5.91 Å². The zero-order valence-electron chi connectivity index (χ0n) is 13.4. The van der Waals surface area contributed by atoms with Crippen LogP contribution in [0.3, 0.4) is 0 Å². The molecule has 1 amide bonds. The highest BCUT2D eigenvalue weighted by molar-refractivity contribution is 5.77. The molecule has 2 aliphatic rings. The highest BCUT2D eigenvalue weighted by Gasteiger charge is 2.32. The Labute approximate surface area is 132 Å². The number of methoxy groups -OCH3 is 1. The van der Waals surface area contributed by atoms with Crippen LogP contribution in [0.2, 0.25) is 0 Å². The number of rotatable bonds is 7. The summed E-state index contributed by atoms with van der Waals surface area (Å²) in [7, 11) is 1.67. The van der Waals surface area contributed by atoms with Crippen molar-refractivity contribution in [1.82, 2.24) is 10.2 Å². The number of hydrogen-bond donors (Lipinski definition) is 1. The summed E-state index contributed by atoms with van der Waals surface area (Å²) in [6.45, 7) is 1.84. The van der Waals surface area contributed by atoms with Gasteiger partial charge in [0.2, 0.25) is 5.91 Å². The van der Waals surface area contributed by atoms with Gasteiger partial charge in [-0.1, -0.05) is 12.1 Å². The Hall–Kier alpha value is -1.55. The molecule has 1 aliphatic heterocycles. The van der Waals surface area contributed by atoms with Gasteiger partial charge in [0.05, 0.1) is 7.11 Å². The first kappa shape index (κ1) is 15.3. The van der Waals surface area contributed by atoms with E-state index in [4.69, 9.17) is 4.74 Å². The molecule has 0 bridgehead atoms. The number of nitrogens with zero attached hydrogens (tertiary/aromatic N) is 1. The van der Waals surface area contributed by atoms with Crippen molar-refractivity contribution in [3.05, 3.63) is 29.8 Å². The van der Waals surface area contributed by atoms with E-state index in [1.807, 2.05) is 12.1 Å². The van der Waals surface area contributed by atoms with Gasteiger partial charge in [-0.2, -0.15) is 0 Å². The average molecular weight is 302 g/mol.